The summed E-state index contributed by atoms with van der Waals surface area (Å²) in [5, 5.41) is 12.8. The lowest BCUT2D eigenvalue weighted by Gasteiger charge is -2.12. The van der Waals surface area contributed by atoms with Gasteiger partial charge < -0.3 is 4.57 Å². The standard InChI is InChI=1S/C47H28N2S/c1-2-12-30(13-3-1)45-46-43(38-18-8-10-20-41(38)48-45)44-39-19-9-11-21-42(39)49(47(44)50-46)32-25-22-29(23-26-32)31-24-27-37-35-16-5-4-14-33(35)34-15-6-7-17-36(34)40(37)28-31/h1-28H. The Morgan fingerprint density at radius 2 is 0.960 bits per heavy atom. The molecule has 50 heavy (non-hydrogen) atoms. The van der Waals surface area contributed by atoms with E-state index in [1.54, 1.807) is 0 Å². The molecule has 11 aromatic rings. The highest BCUT2D eigenvalue weighted by Gasteiger charge is 2.22. The highest BCUT2D eigenvalue weighted by Crippen LogP contribution is 2.47. The Labute approximate surface area is 292 Å². The second kappa shape index (κ2) is 10.6. The molecule has 2 nitrogen and oxygen atoms in total. The van der Waals surface area contributed by atoms with Gasteiger partial charge in [-0.25, -0.2) is 4.98 Å². The first kappa shape index (κ1) is 27.6. The molecule has 0 bridgehead atoms. The Morgan fingerprint density at radius 3 is 1.68 bits per heavy atom. The SMILES string of the molecule is c1ccc(-c2nc3ccccc3c3c2sc2c3c3ccccc3n2-c2ccc(-c3ccc4c5ccccc5c5ccccc5c4c3)cc2)cc1. The van der Waals surface area contributed by atoms with Crippen LogP contribution >= 0.6 is 11.3 Å². The largest absolute Gasteiger partial charge is 0.301 e. The highest BCUT2D eigenvalue weighted by molar-refractivity contribution is 7.26. The van der Waals surface area contributed by atoms with Gasteiger partial charge in [0.2, 0.25) is 0 Å². The molecule has 0 fully saturated rings. The van der Waals surface area contributed by atoms with Crippen LogP contribution in [0.1, 0.15) is 0 Å². The number of para-hydroxylation sites is 2. The van der Waals surface area contributed by atoms with E-state index in [0.29, 0.717) is 0 Å². The van der Waals surface area contributed by atoms with E-state index in [1.165, 1.54) is 80.0 Å². The molecule has 8 aromatic carbocycles. The lowest BCUT2D eigenvalue weighted by atomic mass is 9.92. The van der Waals surface area contributed by atoms with Gasteiger partial charge in [0, 0.05) is 32.8 Å². The zero-order valence-corrected chi connectivity index (χ0v) is 27.8. The number of hydrogen-bond acceptors (Lipinski definition) is 2. The third-order valence-corrected chi connectivity index (χ3v) is 11.6. The Balaban J connectivity index is 1.12. The average molecular weight is 653 g/mol. The topological polar surface area (TPSA) is 17.8 Å². The van der Waals surface area contributed by atoms with Crippen molar-refractivity contribution >= 4 is 85.8 Å². The number of rotatable bonds is 3. The van der Waals surface area contributed by atoms with E-state index >= 15 is 0 Å². The molecule has 0 aliphatic rings. The van der Waals surface area contributed by atoms with Gasteiger partial charge in [0.1, 0.15) is 4.83 Å². The van der Waals surface area contributed by atoms with Crippen LogP contribution < -0.4 is 0 Å². The zero-order chi connectivity index (χ0) is 32.8. The van der Waals surface area contributed by atoms with Crippen molar-refractivity contribution in [3.63, 3.8) is 0 Å². The molecule has 0 aliphatic carbocycles. The van der Waals surface area contributed by atoms with Crippen LogP contribution in [0.5, 0.6) is 0 Å². The fourth-order valence-corrected chi connectivity index (χ4v) is 9.51. The van der Waals surface area contributed by atoms with Gasteiger partial charge in [0.15, 0.2) is 0 Å². The number of benzene rings is 8. The Morgan fingerprint density at radius 1 is 0.400 bits per heavy atom. The molecule has 0 saturated carbocycles. The average Bonchev–Trinajstić information content (AvgIpc) is 3.73. The summed E-state index contributed by atoms with van der Waals surface area (Å²) < 4.78 is 3.68. The van der Waals surface area contributed by atoms with E-state index < -0.39 is 0 Å². The molecule has 0 saturated heterocycles. The maximum Gasteiger partial charge on any atom is 0.109 e. The number of hydrogen-bond donors (Lipinski definition) is 0. The minimum Gasteiger partial charge on any atom is -0.301 e. The monoisotopic (exact) mass is 652 g/mol. The molecule has 232 valence electrons. The zero-order valence-electron chi connectivity index (χ0n) is 27.0. The van der Waals surface area contributed by atoms with Crippen molar-refractivity contribution in [3.8, 4) is 28.1 Å². The van der Waals surface area contributed by atoms with Gasteiger partial charge in [-0.05, 0) is 73.8 Å². The lowest BCUT2D eigenvalue weighted by Crippen LogP contribution is -1.92. The first-order valence-electron chi connectivity index (χ1n) is 17.1. The van der Waals surface area contributed by atoms with Gasteiger partial charge in [0.25, 0.3) is 0 Å². The Bertz CT molecular complexity index is 3100. The van der Waals surface area contributed by atoms with Crippen LogP contribution in [0.4, 0.5) is 0 Å². The van der Waals surface area contributed by atoms with Gasteiger partial charge in [-0.2, -0.15) is 0 Å². The van der Waals surface area contributed by atoms with Gasteiger partial charge in [-0.15, -0.1) is 11.3 Å². The second-order valence-electron chi connectivity index (χ2n) is 13.1. The van der Waals surface area contributed by atoms with Crippen molar-refractivity contribution in [3.05, 3.63) is 170 Å². The van der Waals surface area contributed by atoms with Crippen molar-refractivity contribution in [2.24, 2.45) is 0 Å². The predicted molar refractivity (Wildman–Crippen MR) is 215 cm³/mol. The fraction of sp³-hybridized carbons (Fsp3) is 0. The van der Waals surface area contributed by atoms with E-state index in [0.717, 1.165) is 22.5 Å². The quantitative estimate of drug-likeness (QED) is 0.174. The van der Waals surface area contributed by atoms with Crippen molar-refractivity contribution in [2.75, 3.05) is 0 Å². The minimum absolute atomic E-state index is 1.02. The van der Waals surface area contributed by atoms with Crippen LogP contribution in [-0.2, 0) is 0 Å². The van der Waals surface area contributed by atoms with Gasteiger partial charge in [0.05, 0.1) is 21.4 Å². The molecule has 0 spiro atoms. The third kappa shape index (κ3) is 3.92. The summed E-state index contributed by atoms with van der Waals surface area (Å²) in [4.78, 5) is 6.48. The summed E-state index contributed by atoms with van der Waals surface area (Å²) in [5.41, 5.74) is 8.01. The number of fused-ring (bicyclic) bond motifs is 13. The first-order chi connectivity index (χ1) is 24.8. The molecule has 0 amide bonds. The highest BCUT2D eigenvalue weighted by atomic mass is 32.1. The second-order valence-corrected chi connectivity index (χ2v) is 14.1. The molecule has 0 atom stereocenters. The van der Waals surface area contributed by atoms with E-state index in [2.05, 4.69) is 174 Å². The third-order valence-electron chi connectivity index (χ3n) is 10.4. The molecule has 0 aliphatic heterocycles. The fourth-order valence-electron chi connectivity index (χ4n) is 8.13. The molecule has 11 rings (SSSR count). The molecule has 0 unspecified atom stereocenters. The number of nitrogens with zero attached hydrogens (tertiary/aromatic N) is 2. The molecular weight excluding hydrogens is 625 g/mol. The van der Waals surface area contributed by atoms with E-state index in [4.69, 9.17) is 4.98 Å². The number of pyridine rings is 1. The maximum atomic E-state index is 5.23. The Hall–Kier alpha value is -6.29. The van der Waals surface area contributed by atoms with Crippen LogP contribution in [0.25, 0.3) is 102 Å². The maximum absolute atomic E-state index is 5.23. The minimum atomic E-state index is 1.02. The summed E-state index contributed by atoms with van der Waals surface area (Å²) in [6.07, 6.45) is 0. The van der Waals surface area contributed by atoms with Gasteiger partial charge >= 0.3 is 0 Å². The molecule has 3 heterocycles. The lowest BCUT2D eigenvalue weighted by molar-refractivity contribution is 1.19. The summed E-state index contributed by atoms with van der Waals surface area (Å²) in [6.45, 7) is 0. The van der Waals surface area contributed by atoms with Crippen LogP contribution in [0.15, 0.2) is 170 Å². The summed E-state index contributed by atoms with van der Waals surface area (Å²) in [7, 11) is 0. The molecule has 0 radical (unpaired) electrons. The van der Waals surface area contributed by atoms with Crippen molar-refractivity contribution in [2.45, 2.75) is 0 Å². The number of thiophene rings is 1. The van der Waals surface area contributed by atoms with Crippen molar-refractivity contribution in [1.29, 1.82) is 0 Å². The van der Waals surface area contributed by atoms with Gasteiger partial charge in [-0.3, -0.25) is 0 Å². The summed E-state index contributed by atoms with van der Waals surface area (Å²) in [5.74, 6) is 0. The predicted octanol–water partition coefficient (Wildman–Crippen LogP) is 13.3. The first-order valence-corrected chi connectivity index (χ1v) is 17.9. The van der Waals surface area contributed by atoms with Crippen LogP contribution in [0.2, 0.25) is 0 Å². The van der Waals surface area contributed by atoms with Crippen LogP contribution in [0.3, 0.4) is 0 Å². The Kier molecular flexibility index (Phi) is 5.86. The smallest absolute Gasteiger partial charge is 0.109 e. The molecular formula is C47H28N2S. The molecule has 0 N–H and O–H groups in total. The summed E-state index contributed by atoms with van der Waals surface area (Å²) >= 11 is 1.85. The van der Waals surface area contributed by atoms with Crippen molar-refractivity contribution in [1.82, 2.24) is 9.55 Å². The summed E-state index contributed by atoms with van der Waals surface area (Å²) in [6, 6.07) is 61.7. The van der Waals surface area contributed by atoms with E-state index in [-0.39, 0.29) is 0 Å². The van der Waals surface area contributed by atoms with Crippen molar-refractivity contribution < 1.29 is 0 Å². The molecule has 3 heteroatoms. The van der Waals surface area contributed by atoms with Gasteiger partial charge in [-0.1, -0.05) is 140 Å². The molecule has 3 aromatic heterocycles. The van der Waals surface area contributed by atoms with Crippen LogP contribution in [-0.4, -0.2) is 9.55 Å². The normalized spacial score (nSPS) is 12.0. The van der Waals surface area contributed by atoms with Crippen LogP contribution in [0, 0.1) is 0 Å². The number of aromatic nitrogens is 2. The van der Waals surface area contributed by atoms with E-state index in [1.807, 2.05) is 11.3 Å². The van der Waals surface area contributed by atoms with E-state index in [9.17, 15) is 0 Å².